The van der Waals surface area contributed by atoms with E-state index in [0.717, 1.165) is 40.7 Å². The van der Waals surface area contributed by atoms with Crippen LogP contribution in [0.25, 0.3) is 11.0 Å². The molecule has 0 spiro atoms. The summed E-state index contributed by atoms with van der Waals surface area (Å²) in [6.45, 7) is 6.06. The quantitative estimate of drug-likeness (QED) is 0.371. The number of para-hydroxylation sites is 2. The van der Waals surface area contributed by atoms with Gasteiger partial charge in [0.25, 0.3) is 11.8 Å². The third-order valence-corrected chi connectivity index (χ3v) is 7.80. The van der Waals surface area contributed by atoms with E-state index in [9.17, 15) is 14.4 Å². The minimum atomic E-state index is -0.246. The molecule has 3 heterocycles. The second-order valence-corrected chi connectivity index (χ2v) is 10.9. The molecule has 1 atom stereocenters. The van der Waals surface area contributed by atoms with Crippen LogP contribution in [-0.4, -0.2) is 50.8 Å². The molecule has 1 aromatic heterocycles. The first-order chi connectivity index (χ1) is 18.9. The maximum absolute atomic E-state index is 13.3. The van der Waals surface area contributed by atoms with Crippen LogP contribution in [0.4, 0.5) is 5.69 Å². The number of amides is 2. The second-order valence-electron chi connectivity index (χ2n) is 10.9. The molecule has 2 aliphatic rings. The summed E-state index contributed by atoms with van der Waals surface area (Å²) in [4.78, 5) is 45.6. The molecule has 1 fully saturated rings. The van der Waals surface area contributed by atoms with Crippen molar-refractivity contribution in [2.24, 2.45) is 5.92 Å². The summed E-state index contributed by atoms with van der Waals surface area (Å²) in [5.74, 6) is 0.377. The van der Waals surface area contributed by atoms with Gasteiger partial charge in [0, 0.05) is 48.1 Å². The highest BCUT2D eigenvalue weighted by Gasteiger charge is 2.36. The van der Waals surface area contributed by atoms with E-state index >= 15 is 0 Å². The number of rotatable bonds is 6. The summed E-state index contributed by atoms with van der Waals surface area (Å²) in [6, 6.07) is 23.0. The van der Waals surface area contributed by atoms with E-state index in [1.165, 1.54) is 0 Å². The molecule has 39 heavy (non-hydrogen) atoms. The number of nitrogens with one attached hydrogen (secondary N) is 2. The number of carbonyl (C=O) groups excluding carboxylic acids is 2. The Morgan fingerprint density at radius 1 is 0.949 bits per heavy atom. The van der Waals surface area contributed by atoms with Crippen LogP contribution in [0.15, 0.2) is 77.6 Å². The third kappa shape index (κ3) is 4.60. The number of piperidine rings is 1. The van der Waals surface area contributed by atoms with Crippen molar-refractivity contribution in [3.8, 4) is 0 Å². The predicted octanol–water partition coefficient (Wildman–Crippen LogP) is 5.03. The average molecular weight is 524 g/mol. The van der Waals surface area contributed by atoms with Crippen molar-refractivity contribution in [2.75, 3.05) is 25.0 Å². The molecule has 8 nitrogen and oxygen atoms in total. The summed E-state index contributed by atoms with van der Waals surface area (Å²) in [5.41, 5.74) is 4.85. The topological polar surface area (TPSA) is 90.4 Å². The van der Waals surface area contributed by atoms with Gasteiger partial charge >= 0.3 is 5.69 Å². The molecule has 0 aliphatic carbocycles. The SMILES string of the molecule is CC(C)CN1C(=O)c2ccccc2C1Nc1ccc(C(=O)N2CCC(n3c(=O)[nH]c4ccccc43)CC2)cc1. The normalized spacial score (nSPS) is 17.7. The molecule has 4 aromatic rings. The maximum atomic E-state index is 13.3. The lowest BCUT2D eigenvalue weighted by atomic mass is 10.0. The zero-order valence-corrected chi connectivity index (χ0v) is 22.3. The third-order valence-electron chi connectivity index (χ3n) is 7.80. The summed E-state index contributed by atoms with van der Waals surface area (Å²) in [7, 11) is 0. The summed E-state index contributed by atoms with van der Waals surface area (Å²) in [5, 5.41) is 3.51. The molecular weight excluding hydrogens is 490 g/mol. The van der Waals surface area contributed by atoms with Crippen LogP contribution >= 0.6 is 0 Å². The van der Waals surface area contributed by atoms with Crippen LogP contribution in [0, 0.1) is 5.92 Å². The van der Waals surface area contributed by atoms with Crippen molar-refractivity contribution in [1.29, 1.82) is 0 Å². The number of hydrogen-bond donors (Lipinski definition) is 2. The van der Waals surface area contributed by atoms with Crippen LogP contribution in [0.1, 0.15) is 65.2 Å². The monoisotopic (exact) mass is 523 g/mol. The first-order valence-corrected chi connectivity index (χ1v) is 13.7. The maximum Gasteiger partial charge on any atom is 0.326 e. The van der Waals surface area contributed by atoms with Gasteiger partial charge in [0.1, 0.15) is 6.17 Å². The van der Waals surface area contributed by atoms with Crippen molar-refractivity contribution in [1.82, 2.24) is 19.4 Å². The van der Waals surface area contributed by atoms with E-state index in [2.05, 4.69) is 24.1 Å². The van der Waals surface area contributed by atoms with Crippen LogP contribution in [0.5, 0.6) is 0 Å². The molecule has 200 valence electrons. The number of aromatic nitrogens is 2. The van der Waals surface area contributed by atoms with E-state index < -0.39 is 0 Å². The lowest BCUT2D eigenvalue weighted by molar-refractivity contribution is 0.0693. The number of hydrogen-bond acceptors (Lipinski definition) is 4. The van der Waals surface area contributed by atoms with Gasteiger partial charge in [-0.1, -0.05) is 44.2 Å². The largest absolute Gasteiger partial charge is 0.361 e. The summed E-state index contributed by atoms with van der Waals surface area (Å²) >= 11 is 0. The fourth-order valence-electron chi connectivity index (χ4n) is 5.92. The number of fused-ring (bicyclic) bond motifs is 2. The highest BCUT2D eigenvalue weighted by molar-refractivity contribution is 5.99. The Hall–Kier alpha value is -4.33. The molecule has 0 radical (unpaired) electrons. The minimum Gasteiger partial charge on any atom is -0.361 e. The van der Waals surface area contributed by atoms with Gasteiger partial charge in [0.05, 0.1) is 11.0 Å². The van der Waals surface area contributed by atoms with Gasteiger partial charge in [-0.05, 0) is 61.2 Å². The van der Waals surface area contributed by atoms with Crippen molar-refractivity contribution < 1.29 is 9.59 Å². The Bertz CT molecular complexity index is 1580. The van der Waals surface area contributed by atoms with E-state index in [1.54, 1.807) is 0 Å². The first-order valence-electron chi connectivity index (χ1n) is 13.7. The number of H-pyrrole nitrogens is 1. The van der Waals surface area contributed by atoms with Gasteiger partial charge in [0.2, 0.25) is 0 Å². The average Bonchev–Trinajstić information content (AvgIpc) is 3.42. The van der Waals surface area contributed by atoms with Crippen molar-refractivity contribution >= 4 is 28.5 Å². The molecule has 6 rings (SSSR count). The number of carbonyl (C=O) groups is 2. The number of benzene rings is 3. The Morgan fingerprint density at radius 2 is 1.64 bits per heavy atom. The highest BCUT2D eigenvalue weighted by Crippen LogP contribution is 2.35. The van der Waals surface area contributed by atoms with Gasteiger partial charge in [-0.15, -0.1) is 0 Å². The van der Waals surface area contributed by atoms with Gasteiger partial charge in [-0.3, -0.25) is 14.2 Å². The lowest BCUT2D eigenvalue weighted by Crippen LogP contribution is -2.40. The standard InChI is InChI=1S/C31H33N5O3/c1-20(2)19-35-28(24-7-3-4-8-25(24)30(35)38)32-22-13-11-21(12-14-22)29(37)34-17-15-23(16-18-34)36-27-10-6-5-9-26(27)33-31(36)39/h3-14,20,23,28,32H,15-19H2,1-2H3,(H,33,39). The second kappa shape index (κ2) is 10.1. The molecule has 1 saturated heterocycles. The van der Waals surface area contributed by atoms with Crippen molar-refractivity contribution in [3.05, 3.63) is 100.0 Å². The lowest BCUT2D eigenvalue weighted by Gasteiger charge is -2.32. The van der Waals surface area contributed by atoms with Crippen molar-refractivity contribution in [2.45, 2.75) is 38.9 Å². The summed E-state index contributed by atoms with van der Waals surface area (Å²) in [6.07, 6.45) is 1.21. The number of aromatic amines is 1. The van der Waals surface area contributed by atoms with E-state index in [4.69, 9.17) is 0 Å². The first kappa shape index (κ1) is 25.0. The Balaban J connectivity index is 1.13. The van der Waals surface area contributed by atoms with Gasteiger partial charge in [0.15, 0.2) is 0 Å². The van der Waals surface area contributed by atoms with Gasteiger partial charge in [-0.2, -0.15) is 0 Å². The molecule has 0 saturated carbocycles. The fourth-order valence-corrected chi connectivity index (χ4v) is 5.92. The van der Waals surface area contributed by atoms with Crippen LogP contribution < -0.4 is 11.0 Å². The molecule has 2 aliphatic heterocycles. The Kier molecular flexibility index (Phi) is 6.46. The van der Waals surface area contributed by atoms with Crippen LogP contribution in [0.2, 0.25) is 0 Å². The molecule has 0 bridgehead atoms. The fraction of sp³-hybridized carbons (Fsp3) is 0.323. The number of anilines is 1. The van der Waals surface area contributed by atoms with E-state index in [0.29, 0.717) is 31.1 Å². The zero-order chi connectivity index (χ0) is 27.1. The number of imidazole rings is 1. The smallest absolute Gasteiger partial charge is 0.326 e. The van der Waals surface area contributed by atoms with Crippen LogP contribution in [-0.2, 0) is 0 Å². The zero-order valence-electron chi connectivity index (χ0n) is 22.3. The minimum absolute atomic E-state index is 0.00547. The molecule has 8 heteroatoms. The molecular formula is C31H33N5O3. The highest BCUT2D eigenvalue weighted by atomic mass is 16.2. The van der Waals surface area contributed by atoms with Crippen LogP contribution in [0.3, 0.4) is 0 Å². The molecule has 2 amide bonds. The predicted molar refractivity (Wildman–Crippen MR) is 152 cm³/mol. The Labute approximate surface area is 227 Å². The van der Waals surface area contributed by atoms with E-state index in [1.807, 2.05) is 87.2 Å². The number of likely N-dealkylation sites (tertiary alicyclic amines) is 1. The molecule has 2 N–H and O–H groups in total. The van der Waals surface area contributed by atoms with Gasteiger partial charge in [-0.25, -0.2) is 4.79 Å². The molecule has 1 unspecified atom stereocenters. The number of nitrogens with zero attached hydrogens (tertiary/aromatic N) is 3. The van der Waals surface area contributed by atoms with E-state index in [-0.39, 0.29) is 29.7 Å². The Morgan fingerprint density at radius 3 is 2.38 bits per heavy atom. The van der Waals surface area contributed by atoms with Crippen molar-refractivity contribution in [3.63, 3.8) is 0 Å². The molecule has 3 aromatic carbocycles. The van der Waals surface area contributed by atoms with Gasteiger partial charge < -0.3 is 20.1 Å². The summed E-state index contributed by atoms with van der Waals surface area (Å²) < 4.78 is 1.84.